The highest BCUT2D eigenvalue weighted by molar-refractivity contribution is 6.50. The van der Waals surface area contributed by atoms with Crippen molar-refractivity contribution in [1.29, 1.82) is 5.39 Å². The van der Waals surface area contributed by atoms with Gasteiger partial charge in [0.2, 0.25) is 5.39 Å². The predicted octanol–water partition coefficient (Wildman–Crippen LogP) is 3.57. The van der Waals surface area contributed by atoms with E-state index in [-0.39, 0.29) is 0 Å². The molecule has 21 heavy (non-hydrogen) atoms. The van der Waals surface area contributed by atoms with Crippen LogP contribution in [0.3, 0.4) is 0 Å². The van der Waals surface area contributed by atoms with E-state index in [0.29, 0.717) is 0 Å². The lowest BCUT2D eigenvalue weighted by Gasteiger charge is -2.00. The molecule has 0 unspecified atom stereocenters. The zero-order valence-corrected chi connectivity index (χ0v) is 10.8. The molecule has 3 aromatic rings. The van der Waals surface area contributed by atoms with Gasteiger partial charge in [0.1, 0.15) is 0 Å². The molecule has 108 valence electrons. The summed E-state index contributed by atoms with van der Waals surface area (Å²) in [6.45, 7) is 0. The standard InChI is InChI=1S/C14H10.BF4.N2/c1-2-6-12-10-14-8-4-3-7-13(14)9-11(12)5-1;2-1(3,4)5;1-2/h1-10H;;/q;-1;/p+1. The molecule has 0 aromatic heterocycles. The Kier molecular flexibility index (Phi) is 5.67. The number of nitrogens with zero attached hydrogens (tertiary/aromatic N) is 1. The third-order valence-corrected chi connectivity index (χ3v) is 2.61. The van der Waals surface area contributed by atoms with Crippen molar-refractivity contribution < 1.29 is 22.7 Å². The van der Waals surface area contributed by atoms with Crippen LogP contribution in [0.2, 0.25) is 0 Å². The minimum Gasteiger partial charge on any atom is -0.418 e. The van der Waals surface area contributed by atoms with Gasteiger partial charge in [0.25, 0.3) is 0 Å². The highest BCUT2D eigenvalue weighted by Crippen LogP contribution is 2.21. The fourth-order valence-electron chi connectivity index (χ4n) is 1.88. The van der Waals surface area contributed by atoms with Crippen molar-refractivity contribution in [3.63, 3.8) is 0 Å². The summed E-state index contributed by atoms with van der Waals surface area (Å²) in [4.78, 5) is 0. The van der Waals surface area contributed by atoms with Crippen molar-refractivity contribution in [2.24, 2.45) is 0 Å². The van der Waals surface area contributed by atoms with E-state index in [9.17, 15) is 17.3 Å². The quantitative estimate of drug-likeness (QED) is 0.293. The second-order valence-corrected chi connectivity index (χ2v) is 4.04. The Morgan fingerprint density at radius 1 is 0.619 bits per heavy atom. The fourth-order valence-corrected chi connectivity index (χ4v) is 1.88. The molecule has 0 spiro atoms. The highest BCUT2D eigenvalue weighted by Gasteiger charge is 2.20. The van der Waals surface area contributed by atoms with Gasteiger partial charge in [-0.15, -0.1) is 0 Å². The van der Waals surface area contributed by atoms with Crippen LogP contribution >= 0.6 is 0 Å². The van der Waals surface area contributed by atoms with Crippen LogP contribution in [0.5, 0.6) is 0 Å². The van der Waals surface area contributed by atoms with Crippen molar-refractivity contribution in [3.05, 3.63) is 60.7 Å². The van der Waals surface area contributed by atoms with Crippen molar-refractivity contribution >= 4 is 28.8 Å². The van der Waals surface area contributed by atoms with Gasteiger partial charge in [0.05, 0.1) is 5.39 Å². The van der Waals surface area contributed by atoms with Crippen LogP contribution < -0.4 is 5.39 Å². The lowest BCUT2D eigenvalue weighted by atomic mass is 10.0. The molecule has 0 fully saturated rings. The molecule has 0 heterocycles. The molecule has 0 atom stereocenters. The molecule has 0 saturated heterocycles. The molecular formula is C14H11BF4N2. The van der Waals surface area contributed by atoms with Gasteiger partial charge >= 0.3 is 7.25 Å². The zero-order valence-electron chi connectivity index (χ0n) is 10.8. The lowest BCUT2D eigenvalue weighted by molar-refractivity contribution is -0.175. The first-order valence-electron chi connectivity index (χ1n) is 5.91. The summed E-state index contributed by atoms with van der Waals surface area (Å²) < 4.78 is 39.0. The average molecular weight is 294 g/mol. The number of benzene rings is 3. The summed E-state index contributed by atoms with van der Waals surface area (Å²) in [5, 5.41) is 16.2. The summed E-state index contributed by atoms with van der Waals surface area (Å²) in [5.74, 6) is 0. The monoisotopic (exact) mass is 294 g/mol. The summed E-state index contributed by atoms with van der Waals surface area (Å²) in [5.41, 5.74) is 0. The van der Waals surface area contributed by atoms with E-state index in [1.807, 2.05) is 0 Å². The molecule has 3 aromatic carbocycles. The van der Waals surface area contributed by atoms with E-state index in [2.05, 4.69) is 60.7 Å². The fraction of sp³-hybridized carbons (Fsp3) is 0. The maximum Gasteiger partial charge on any atom is 0.673 e. The Morgan fingerprint density at radius 2 is 0.810 bits per heavy atom. The zero-order chi connectivity index (χ0) is 15.9. The average Bonchev–Trinajstić information content (AvgIpc) is 2.45. The normalized spacial score (nSPS) is 10.2. The summed E-state index contributed by atoms with van der Waals surface area (Å²) in [6, 6.07) is 21.4. The van der Waals surface area contributed by atoms with Crippen molar-refractivity contribution in [1.82, 2.24) is 0 Å². The van der Waals surface area contributed by atoms with Gasteiger partial charge in [-0.25, -0.2) is 0 Å². The maximum atomic E-state index is 9.75. The number of diazo groups is 1. The molecule has 2 nitrogen and oxygen atoms in total. The Labute approximate surface area is 118 Å². The molecule has 3 rings (SSSR count). The van der Waals surface area contributed by atoms with Crippen molar-refractivity contribution in [2.45, 2.75) is 0 Å². The second kappa shape index (κ2) is 7.24. The van der Waals surface area contributed by atoms with E-state index in [0.717, 1.165) is 0 Å². The summed E-state index contributed by atoms with van der Waals surface area (Å²) in [7, 11) is -6.00. The van der Waals surface area contributed by atoms with Crippen molar-refractivity contribution in [2.75, 3.05) is 0 Å². The van der Waals surface area contributed by atoms with Crippen molar-refractivity contribution in [3.8, 4) is 0 Å². The van der Waals surface area contributed by atoms with Gasteiger partial charge < -0.3 is 17.3 Å². The van der Waals surface area contributed by atoms with E-state index in [1.54, 1.807) is 0 Å². The molecular weight excluding hydrogens is 283 g/mol. The molecule has 7 heteroatoms. The third-order valence-electron chi connectivity index (χ3n) is 2.61. The number of halogens is 4. The number of hydrogen-bond acceptors (Lipinski definition) is 1. The van der Waals surface area contributed by atoms with Gasteiger partial charge in [0, 0.05) is 0 Å². The maximum absolute atomic E-state index is 9.75. The topological polar surface area (TPSA) is 47.6 Å². The van der Waals surface area contributed by atoms with Gasteiger partial charge in [-0.3, -0.25) is 0 Å². The molecule has 0 aliphatic heterocycles. The first-order valence-corrected chi connectivity index (χ1v) is 5.91. The van der Waals surface area contributed by atoms with E-state index in [4.69, 9.17) is 10.8 Å². The largest absolute Gasteiger partial charge is 0.673 e. The first kappa shape index (κ1) is 16.4. The van der Waals surface area contributed by atoms with E-state index >= 15 is 0 Å². The minimum absolute atomic E-state index is 1.31. The number of fused-ring (bicyclic) bond motifs is 2. The lowest BCUT2D eigenvalue weighted by Crippen LogP contribution is -2.11. The summed E-state index contributed by atoms with van der Waals surface area (Å²) >= 11 is 0. The molecule has 1 N–H and O–H groups in total. The van der Waals surface area contributed by atoms with Crippen LogP contribution in [-0.2, 0) is 0 Å². The van der Waals surface area contributed by atoms with Crippen LogP contribution in [0.1, 0.15) is 0 Å². The SMILES string of the molecule is F[B-](F)(F)F.N#[NH+].c1ccc2cc3ccccc3cc2c1. The number of nitrogens with one attached hydrogen (secondary N) is 1. The smallest absolute Gasteiger partial charge is 0.418 e. The minimum atomic E-state index is -6.00. The van der Waals surface area contributed by atoms with Gasteiger partial charge in [-0.1, -0.05) is 48.5 Å². The molecule has 0 aliphatic rings. The Balaban J connectivity index is 0.000000272. The van der Waals surface area contributed by atoms with E-state index < -0.39 is 7.25 Å². The second-order valence-electron chi connectivity index (χ2n) is 4.04. The van der Waals surface area contributed by atoms with Crippen LogP contribution in [0.4, 0.5) is 17.3 Å². The molecule has 0 radical (unpaired) electrons. The van der Waals surface area contributed by atoms with E-state index in [1.165, 1.54) is 21.5 Å². The van der Waals surface area contributed by atoms with Crippen LogP contribution in [0.15, 0.2) is 60.7 Å². The Bertz CT molecular complexity index is 630. The first-order chi connectivity index (χ1) is 9.93. The predicted molar refractivity (Wildman–Crippen MR) is 74.3 cm³/mol. The highest BCUT2D eigenvalue weighted by atomic mass is 19.5. The number of rotatable bonds is 0. The summed E-state index contributed by atoms with van der Waals surface area (Å²) in [6.07, 6.45) is 0. The van der Waals surface area contributed by atoms with Gasteiger partial charge in [-0.05, 0) is 33.7 Å². The molecule has 0 bridgehead atoms. The van der Waals surface area contributed by atoms with Crippen LogP contribution in [0, 0.1) is 5.39 Å². The third kappa shape index (κ3) is 5.49. The van der Waals surface area contributed by atoms with Gasteiger partial charge in [0.15, 0.2) is 0 Å². The van der Waals surface area contributed by atoms with Crippen LogP contribution in [-0.4, -0.2) is 7.25 Å². The Morgan fingerprint density at radius 3 is 1.00 bits per heavy atom. The molecule has 0 aliphatic carbocycles. The van der Waals surface area contributed by atoms with Gasteiger partial charge in [-0.2, -0.15) is 0 Å². The molecule has 0 saturated carbocycles. The van der Waals surface area contributed by atoms with Crippen LogP contribution in [0.25, 0.3) is 21.5 Å². The molecule has 0 amide bonds. The number of hydrogen-bond donors (Lipinski definition) is 1. The Hall–Kier alpha value is -2.62.